The number of nitrogen functional groups attached to an aromatic ring is 1. The number of pyridine rings is 1. The van der Waals surface area contributed by atoms with Crippen molar-refractivity contribution in [1.29, 1.82) is 0 Å². The molecule has 1 heterocycles. The molecule has 0 aromatic carbocycles. The zero-order chi connectivity index (χ0) is 11.4. The predicted molar refractivity (Wildman–Crippen MR) is 68.3 cm³/mol. The fraction of sp³-hybridized carbons (Fsp3) is 0.615. The molecule has 0 radical (unpaired) electrons. The van der Waals surface area contributed by atoms with Crippen LogP contribution in [0.2, 0.25) is 0 Å². The Labute approximate surface area is 97.5 Å². The third kappa shape index (κ3) is 2.65. The third-order valence-electron chi connectivity index (χ3n) is 3.60. The summed E-state index contributed by atoms with van der Waals surface area (Å²) in [6.07, 6.45) is 8.48. The Hall–Kier alpha value is -1.25. The summed E-state index contributed by atoms with van der Waals surface area (Å²) in [5, 5.41) is 3.44. The van der Waals surface area contributed by atoms with Crippen LogP contribution in [0.5, 0.6) is 0 Å². The molecule has 1 aromatic rings. The number of rotatable bonds is 3. The zero-order valence-electron chi connectivity index (χ0n) is 10.00. The standard InChI is InChI=1S/C13H21N3/c1-13(7-3-2-4-8-13)10-16-11-6-5-9-15-12(11)14/h5-6,9,16H,2-4,7-8,10H2,1H3,(H2,14,15). The van der Waals surface area contributed by atoms with Crippen molar-refractivity contribution in [2.45, 2.75) is 39.0 Å². The molecule has 2 rings (SSSR count). The molecule has 16 heavy (non-hydrogen) atoms. The van der Waals surface area contributed by atoms with Crippen molar-refractivity contribution in [2.24, 2.45) is 5.41 Å². The molecule has 0 unspecified atom stereocenters. The Morgan fingerprint density at radius 2 is 2.12 bits per heavy atom. The lowest BCUT2D eigenvalue weighted by atomic mass is 9.76. The first-order valence-electron chi connectivity index (χ1n) is 6.14. The van der Waals surface area contributed by atoms with E-state index < -0.39 is 0 Å². The molecule has 1 aromatic heterocycles. The van der Waals surface area contributed by atoms with Gasteiger partial charge in [0.15, 0.2) is 0 Å². The Bertz CT molecular complexity index is 343. The highest BCUT2D eigenvalue weighted by atomic mass is 15.0. The number of nitrogens with zero attached hydrogens (tertiary/aromatic N) is 1. The maximum absolute atomic E-state index is 5.81. The summed E-state index contributed by atoms with van der Waals surface area (Å²) in [6.45, 7) is 3.37. The predicted octanol–water partition coefficient (Wildman–Crippen LogP) is 3.05. The number of nitrogens with two attached hydrogens (primary N) is 1. The molecule has 0 atom stereocenters. The summed E-state index contributed by atoms with van der Waals surface area (Å²) in [6, 6.07) is 3.91. The highest BCUT2D eigenvalue weighted by Gasteiger charge is 2.26. The van der Waals surface area contributed by atoms with E-state index in [0.29, 0.717) is 11.2 Å². The second kappa shape index (κ2) is 4.73. The summed E-state index contributed by atoms with van der Waals surface area (Å²) >= 11 is 0. The summed E-state index contributed by atoms with van der Waals surface area (Å²) in [5.74, 6) is 0.599. The van der Waals surface area contributed by atoms with Crippen molar-refractivity contribution >= 4 is 11.5 Å². The Balaban J connectivity index is 1.94. The van der Waals surface area contributed by atoms with Gasteiger partial charge in [-0.3, -0.25) is 0 Å². The topological polar surface area (TPSA) is 50.9 Å². The molecule has 0 bridgehead atoms. The van der Waals surface area contributed by atoms with Gasteiger partial charge in [-0.15, -0.1) is 0 Å². The second-order valence-electron chi connectivity index (χ2n) is 5.16. The Morgan fingerprint density at radius 1 is 1.38 bits per heavy atom. The summed E-state index contributed by atoms with van der Waals surface area (Å²) in [7, 11) is 0. The average Bonchev–Trinajstić information content (AvgIpc) is 2.29. The van der Waals surface area contributed by atoms with Crippen LogP contribution in [0.25, 0.3) is 0 Å². The monoisotopic (exact) mass is 219 g/mol. The van der Waals surface area contributed by atoms with Crippen LogP contribution in [0.4, 0.5) is 11.5 Å². The van der Waals surface area contributed by atoms with Gasteiger partial charge in [-0.1, -0.05) is 26.2 Å². The molecule has 1 fully saturated rings. The van der Waals surface area contributed by atoms with Gasteiger partial charge in [-0.2, -0.15) is 0 Å². The normalized spacial score (nSPS) is 19.3. The van der Waals surface area contributed by atoms with Crippen LogP contribution >= 0.6 is 0 Å². The quantitative estimate of drug-likeness (QED) is 0.821. The van der Waals surface area contributed by atoms with Crippen LogP contribution in [-0.2, 0) is 0 Å². The Morgan fingerprint density at radius 3 is 2.81 bits per heavy atom. The van der Waals surface area contributed by atoms with E-state index in [1.54, 1.807) is 6.20 Å². The molecule has 88 valence electrons. The summed E-state index contributed by atoms with van der Waals surface area (Å²) in [5.41, 5.74) is 7.20. The highest BCUT2D eigenvalue weighted by Crippen LogP contribution is 2.36. The number of aromatic nitrogens is 1. The van der Waals surface area contributed by atoms with Crippen molar-refractivity contribution in [3.8, 4) is 0 Å². The first kappa shape index (κ1) is 11.2. The molecule has 1 aliphatic rings. The fourth-order valence-corrected chi connectivity index (χ4v) is 2.46. The Kier molecular flexibility index (Phi) is 3.32. The van der Waals surface area contributed by atoms with Crippen LogP contribution in [0, 0.1) is 5.41 Å². The molecule has 3 nitrogen and oxygen atoms in total. The van der Waals surface area contributed by atoms with E-state index >= 15 is 0 Å². The minimum Gasteiger partial charge on any atom is -0.382 e. The molecule has 3 N–H and O–H groups in total. The van der Waals surface area contributed by atoms with Gasteiger partial charge in [0.25, 0.3) is 0 Å². The van der Waals surface area contributed by atoms with E-state index in [1.165, 1.54) is 32.1 Å². The second-order valence-corrected chi connectivity index (χ2v) is 5.16. The lowest BCUT2D eigenvalue weighted by Crippen LogP contribution is -2.29. The molecule has 0 saturated heterocycles. The van der Waals surface area contributed by atoms with E-state index in [-0.39, 0.29) is 0 Å². The summed E-state index contributed by atoms with van der Waals surface area (Å²) < 4.78 is 0. The van der Waals surface area contributed by atoms with Crippen LogP contribution in [0.3, 0.4) is 0 Å². The first-order chi connectivity index (χ1) is 7.70. The minimum atomic E-state index is 0.431. The minimum absolute atomic E-state index is 0.431. The van der Waals surface area contributed by atoms with Crippen molar-refractivity contribution in [1.82, 2.24) is 4.98 Å². The number of nitrogens with one attached hydrogen (secondary N) is 1. The van der Waals surface area contributed by atoms with E-state index in [1.807, 2.05) is 12.1 Å². The zero-order valence-corrected chi connectivity index (χ0v) is 10.00. The SMILES string of the molecule is CC1(CNc2cccnc2N)CCCCC1. The molecule has 0 spiro atoms. The maximum atomic E-state index is 5.81. The molecule has 0 aliphatic heterocycles. The number of hydrogen-bond donors (Lipinski definition) is 2. The molecule has 1 saturated carbocycles. The van der Waals surface area contributed by atoms with Crippen LogP contribution in [-0.4, -0.2) is 11.5 Å². The highest BCUT2D eigenvalue weighted by molar-refractivity contribution is 5.60. The molecule has 1 aliphatic carbocycles. The fourth-order valence-electron chi connectivity index (χ4n) is 2.46. The average molecular weight is 219 g/mol. The van der Waals surface area contributed by atoms with Crippen LogP contribution in [0.15, 0.2) is 18.3 Å². The van der Waals surface area contributed by atoms with Crippen molar-refractivity contribution in [3.05, 3.63) is 18.3 Å². The van der Waals surface area contributed by atoms with Gasteiger partial charge >= 0.3 is 0 Å². The van der Waals surface area contributed by atoms with Gasteiger partial charge in [0.1, 0.15) is 5.82 Å². The lowest BCUT2D eigenvalue weighted by molar-refractivity contribution is 0.233. The largest absolute Gasteiger partial charge is 0.382 e. The molecule has 3 heteroatoms. The van der Waals surface area contributed by atoms with Gasteiger partial charge in [0, 0.05) is 12.7 Å². The first-order valence-corrected chi connectivity index (χ1v) is 6.14. The van der Waals surface area contributed by atoms with Crippen molar-refractivity contribution < 1.29 is 0 Å². The van der Waals surface area contributed by atoms with Gasteiger partial charge in [-0.25, -0.2) is 4.98 Å². The van der Waals surface area contributed by atoms with Gasteiger partial charge in [-0.05, 0) is 30.4 Å². The van der Waals surface area contributed by atoms with Crippen LogP contribution in [0.1, 0.15) is 39.0 Å². The summed E-state index contributed by atoms with van der Waals surface area (Å²) in [4.78, 5) is 4.08. The number of anilines is 2. The lowest BCUT2D eigenvalue weighted by Gasteiger charge is -2.34. The molecule has 0 amide bonds. The van der Waals surface area contributed by atoms with Crippen molar-refractivity contribution in [2.75, 3.05) is 17.6 Å². The molecular weight excluding hydrogens is 198 g/mol. The van der Waals surface area contributed by atoms with Gasteiger partial charge < -0.3 is 11.1 Å². The van der Waals surface area contributed by atoms with E-state index in [4.69, 9.17) is 5.73 Å². The van der Waals surface area contributed by atoms with Gasteiger partial charge in [0.05, 0.1) is 5.69 Å². The molecular formula is C13H21N3. The number of hydrogen-bond acceptors (Lipinski definition) is 3. The van der Waals surface area contributed by atoms with E-state index in [9.17, 15) is 0 Å². The van der Waals surface area contributed by atoms with E-state index in [2.05, 4.69) is 17.2 Å². The van der Waals surface area contributed by atoms with Crippen LogP contribution < -0.4 is 11.1 Å². The third-order valence-corrected chi connectivity index (χ3v) is 3.60. The van der Waals surface area contributed by atoms with Gasteiger partial charge in [0.2, 0.25) is 0 Å². The maximum Gasteiger partial charge on any atom is 0.146 e. The smallest absolute Gasteiger partial charge is 0.146 e. The van der Waals surface area contributed by atoms with Crippen molar-refractivity contribution in [3.63, 3.8) is 0 Å². The van der Waals surface area contributed by atoms with E-state index in [0.717, 1.165) is 12.2 Å².